The lowest BCUT2D eigenvalue weighted by molar-refractivity contribution is -0.137. The molecule has 18 heavy (non-hydrogen) atoms. The molecule has 0 saturated heterocycles. The topological polar surface area (TPSA) is 55.1 Å². The Morgan fingerprint density at radius 1 is 1.44 bits per heavy atom. The lowest BCUT2D eigenvalue weighted by atomic mass is 10.1. The van der Waals surface area contributed by atoms with E-state index in [1.807, 2.05) is 0 Å². The molecule has 0 saturated carbocycles. The van der Waals surface area contributed by atoms with E-state index in [-0.39, 0.29) is 10.2 Å². The summed E-state index contributed by atoms with van der Waals surface area (Å²) in [7, 11) is 0. The van der Waals surface area contributed by atoms with Gasteiger partial charge in [-0.25, -0.2) is 0 Å². The highest BCUT2D eigenvalue weighted by Gasteiger charge is 2.31. The Balaban J connectivity index is 2.97. The third-order valence-electron chi connectivity index (χ3n) is 2.27. The summed E-state index contributed by atoms with van der Waals surface area (Å²) in [5.41, 5.74) is 4.71. The number of nitrogens with two attached hydrogens (primary N) is 1. The standard InChI is InChI=1S/C11H12BrF3N2O/c1-2-9(16)10(18)17-8-4-6(11(13,14)15)3-7(12)5-8/h3-5,9H,2,16H2,1H3,(H,17,18)/t9-/m0/s1. The molecule has 0 bridgehead atoms. The summed E-state index contributed by atoms with van der Waals surface area (Å²) in [6, 6.07) is 2.45. The minimum atomic E-state index is -4.46. The van der Waals surface area contributed by atoms with Crippen molar-refractivity contribution in [1.82, 2.24) is 0 Å². The van der Waals surface area contributed by atoms with E-state index >= 15 is 0 Å². The third-order valence-corrected chi connectivity index (χ3v) is 2.73. The zero-order valence-electron chi connectivity index (χ0n) is 9.51. The van der Waals surface area contributed by atoms with Gasteiger partial charge < -0.3 is 11.1 Å². The van der Waals surface area contributed by atoms with Crippen molar-refractivity contribution in [1.29, 1.82) is 0 Å². The number of hydrogen-bond acceptors (Lipinski definition) is 2. The highest BCUT2D eigenvalue weighted by molar-refractivity contribution is 9.10. The number of nitrogens with one attached hydrogen (secondary N) is 1. The molecule has 1 atom stereocenters. The lowest BCUT2D eigenvalue weighted by Crippen LogP contribution is -2.34. The van der Waals surface area contributed by atoms with Crippen LogP contribution in [0.1, 0.15) is 18.9 Å². The first kappa shape index (κ1) is 15.0. The minimum absolute atomic E-state index is 0.0607. The smallest absolute Gasteiger partial charge is 0.325 e. The predicted octanol–water partition coefficient (Wildman–Crippen LogP) is 3.14. The Bertz CT molecular complexity index is 448. The molecule has 1 aromatic carbocycles. The van der Waals surface area contributed by atoms with Gasteiger partial charge in [0.15, 0.2) is 0 Å². The first-order valence-electron chi connectivity index (χ1n) is 5.18. The van der Waals surface area contributed by atoms with E-state index in [2.05, 4.69) is 21.2 Å². The van der Waals surface area contributed by atoms with Gasteiger partial charge in [0.05, 0.1) is 11.6 Å². The Kier molecular flexibility index (Phi) is 4.75. The molecule has 0 aliphatic heterocycles. The lowest BCUT2D eigenvalue weighted by Gasteiger charge is -2.13. The molecule has 7 heteroatoms. The quantitative estimate of drug-likeness (QED) is 0.897. The maximum atomic E-state index is 12.6. The molecule has 0 aromatic heterocycles. The van der Waals surface area contributed by atoms with Gasteiger partial charge >= 0.3 is 6.18 Å². The largest absolute Gasteiger partial charge is 0.416 e. The van der Waals surface area contributed by atoms with E-state index < -0.39 is 23.7 Å². The Labute approximate surface area is 111 Å². The summed E-state index contributed by atoms with van der Waals surface area (Å²) in [4.78, 5) is 11.5. The van der Waals surface area contributed by atoms with E-state index in [1.54, 1.807) is 6.92 Å². The molecule has 0 aliphatic rings. The molecule has 3 N–H and O–H groups in total. The number of anilines is 1. The fourth-order valence-corrected chi connectivity index (χ4v) is 1.74. The van der Waals surface area contributed by atoms with Gasteiger partial charge in [-0.15, -0.1) is 0 Å². The van der Waals surface area contributed by atoms with Crippen LogP contribution in [0.3, 0.4) is 0 Å². The van der Waals surface area contributed by atoms with Crippen LogP contribution in [0.25, 0.3) is 0 Å². The summed E-state index contributed by atoms with van der Waals surface area (Å²) in [6.07, 6.45) is -4.05. The van der Waals surface area contributed by atoms with E-state index in [0.717, 1.165) is 12.1 Å². The number of rotatable bonds is 3. The van der Waals surface area contributed by atoms with Crippen molar-refractivity contribution in [3.63, 3.8) is 0 Å². The number of benzene rings is 1. The molecular formula is C11H12BrF3N2O. The van der Waals surface area contributed by atoms with Crippen molar-refractivity contribution >= 4 is 27.5 Å². The summed E-state index contributed by atoms with van der Waals surface area (Å²) in [5, 5.41) is 2.35. The van der Waals surface area contributed by atoms with Crippen molar-refractivity contribution in [2.75, 3.05) is 5.32 Å². The van der Waals surface area contributed by atoms with Crippen LogP contribution in [0, 0.1) is 0 Å². The van der Waals surface area contributed by atoms with E-state index in [9.17, 15) is 18.0 Å². The van der Waals surface area contributed by atoms with Gasteiger partial charge in [0.1, 0.15) is 0 Å². The van der Waals surface area contributed by atoms with Crippen molar-refractivity contribution < 1.29 is 18.0 Å². The van der Waals surface area contributed by atoms with Crippen molar-refractivity contribution in [2.45, 2.75) is 25.6 Å². The van der Waals surface area contributed by atoms with Gasteiger partial charge in [-0.3, -0.25) is 4.79 Å². The van der Waals surface area contributed by atoms with Gasteiger partial charge in [-0.05, 0) is 24.6 Å². The van der Waals surface area contributed by atoms with Crippen LogP contribution >= 0.6 is 15.9 Å². The first-order chi connectivity index (χ1) is 8.24. The van der Waals surface area contributed by atoms with Crippen LogP contribution in [0.5, 0.6) is 0 Å². The average molecular weight is 325 g/mol. The SMILES string of the molecule is CC[C@H](N)C(=O)Nc1cc(Br)cc(C(F)(F)F)c1. The second-order valence-corrected chi connectivity index (χ2v) is 4.65. The molecule has 1 amide bonds. The molecule has 0 spiro atoms. The van der Waals surface area contributed by atoms with Crippen LogP contribution < -0.4 is 11.1 Å². The zero-order valence-corrected chi connectivity index (χ0v) is 11.1. The van der Waals surface area contributed by atoms with Crippen molar-refractivity contribution in [2.24, 2.45) is 5.73 Å². The van der Waals surface area contributed by atoms with Crippen LogP contribution in [0.2, 0.25) is 0 Å². The number of alkyl halides is 3. The highest BCUT2D eigenvalue weighted by Crippen LogP contribution is 2.33. The maximum Gasteiger partial charge on any atom is 0.416 e. The van der Waals surface area contributed by atoms with Crippen LogP contribution in [-0.4, -0.2) is 11.9 Å². The second-order valence-electron chi connectivity index (χ2n) is 3.73. The van der Waals surface area contributed by atoms with Gasteiger partial charge in [0, 0.05) is 10.2 Å². The number of amides is 1. The van der Waals surface area contributed by atoms with E-state index in [0.29, 0.717) is 6.42 Å². The molecule has 0 radical (unpaired) electrons. The predicted molar refractivity (Wildman–Crippen MR) is 66.0 cm³/mol. The van der Waals surface area contributed by atoms with Gasteiger partial charge in [0.25, 0.3) is 0 Å². The fourth-order valence-electron chi connectivity index (χ4n) is 1.25. The van der Waals surface area contributed by atoms with Gasteiger partial charge in [-0.1, -0.05) is 22.9 Å². The molecule has 0 unspecified atom stereocenters. The van der Waals surface area contributed by atoms with E-state index in [1.165, 1.54) is 6.07 Å². The molecule has 1 aromatic rings. The zero-order chi connectivity index (χ0) is 13.9. The third kappa shape index (κ3) is 3.99. The summed E-state index contributed by atoms with van der Waals surface area (Å²) >= 11 is 2.97. The molecule has 1 rings (SSSR count). The molecule has 0 heterocycles. The molecule has 3 nitrogen and oxygen atoms in total. The molecular weight excluding hydrogens is 313 g/mol. The number of carbonyl (C=O) groups is 1. The van der Waals surface area contributed by atoms with Crippen molar-refractivity contribution in [3.05, 3.63) is 28.2 Å². The Hall–Kier alpha value is -1.08. The van der Waals surface area contributed by atoms with Gasteiger partial charge in [-0.2, -0.15) is 13.2 Å². The van der Waals surface area contributed by atoms with Crippen LogP contribution in [0.4, 0.5) is 18.9 Å². The van der Waals surface area contributed by atoms with Crippen LogP contribution in [0.15, 0.2) is 22.7 Å². The van der Waals surface area contributed by atoms with Crippen molar-refractivity contribution in [3.8, 4) is 0 Å². The number of halogens is 4. The summed E-state index contributed by atoms with van der Waals surface area (Å²) < 4.78 is 37.9. The second kappa shape index (κ2) is 5.71. The summed E-state index contributed by atoms with van der Waals surface area (Å²) in [5.74, 6) is -0.510. The highest BCUT2D eigenvalue weighted by atomic mass is 79.9. The fraction of sp³-hybridized carbons (Fsp3) is 0.364. The maximum absolute atomic E-state index is 12.6. The molecule has 0 fully saturated rings. The Morgan fingerprint density at radius 2 is 2.06 bits per heavy atom. The average Bonchev–Trinajstić information content (AvgIpc) is 2.25. The molecule has 100 valence electrons. The minimum Gasteiger partial charge on any atom is -0.325 e. The summed E-state index contributed by atoms with van der Waals surface area (Å²) in [6.45, 7) is 1.71. The van der Waals surface area contributed by atoms with E-state index in [4.69, 9.17) is 5.73 Å². The van der Waals surface area contributed by atoms with Crippen LogP contribution in [-0.2, 0) is 11.0 Å². The normalized spacial score (nSPS) is 13.2. The number of hydrogen-bond donors (Lipinski definition) is 2. The van der Waals surface area contributed by atoms with Gasteiger partial charge in [0.2, 0.25) is 5.91 Å². The molecule has 0 aliphatic carbocycles. The monoisotopic (exact) mass is 324 g/mol. The Morgan fingerprint density at radius 3 is 2.56 bits per heavy atom. The first-order valence-corrected chi connectivity index (χ1v) is 5.97. The number of carbonyl (C=O) groups excluding carboxylic acids is 1.